The van der Waals surface area contributed by atoms with Gasteiger partial charge < -0.3 is 4.90 Å². The molecule has 1 unspecified atom stereocenters. The summed E-state index contributed by atoms with van der Waals surface area (Å²) in [4.78, 5) is 17.7. The van der Waals surface area contributed by atoms with E-state index in [2.05, 4.69) is 11.9 Å². The van der Waals surface area contributed by atoms with Crippen LogP contribution in [0.2, 0.25) is 0 Å². The summed E-state index contributed by atoms with van der Waals surface area (Å²) in [6.45, 7) is 2.93. The number of hydrogen-bond donors (Lipinski definition) is 0. The van der Waals surface area contributed by atoms with Crippen molar-refractivity contribution >= 4 is 17.7 Å². The van der Waals surface area contributed by atoms with E-state index in [1.165, 1.54) is 0 Å². The zero-order chi connectivity index (χ0) is 10.7. The van der Waals surface area contributed by atoms with E-state index in [4.69, 9.17) is 0 Å². The Bertz CT molecular complexity index is 342. The van der Waals surface area contributed by atoms with Crippen LogP contribution in [0.15, 0.2) is 24.5 Å². The molecule has 15 heavy (non-hydrogen) atoms. The van der Waals surface area contributed by atoms with E-state index in [1.54, 1.807) is 18.0 Å². The molecule has 0 aromatic carbocycles. The van der Waals surface area contributed by atoms with Crippen molar-refractivity contribution in [3.05, 3.63) is 30.1 Å². The van der Waals surface area contributed by atoms with E-state index in [-0.39, 0.29) is 11.3 Å². The summed E-state index contributed by atoms with van der Waals surface area (Å²) in [5, 5.41) is 0.172. The number of amides is 1. The average Bonchev–Trinajstić information content (AvgIpc) is 2.63. The molecule has 1 amide bonds. The van der Waals surface area contributed by atoms with Gasteiger partial charge in [-0.3, -0.25) is 9.78 Å². The highest BCUT2D eigenvalue weighted by Crippen LogP contribution is 2.37. The predicted molar refractivity (Wildman–Crippen MR) is 61.4 cm³/mol. The van der Waals surface area contributed by atoms with Gasteiger partial charge in [-0.2, -0.15) is 0 Å². The molecule has 0 spiro atoms. The number of carbonyl (C=O) groups is 1. The molecular weight excluding hydrogens is 208 g/mol. The van der Waals surface area contributed by atoms with Crippen LogP contribution in [0.25, 0.3) is 0 Å². The zero-order valence-electron chi connectivity index (χ0n) is 8.72. The number of nitrogens with zero attached hydrogens (tertiary/aromatic N) is 2. The Labute approximate surface area is 93.9 Å². The molecule has 0 radical (unpaired) electrons. The second kappa shape index (κ2) is 4.66. The Kier molecular flexibility index (Phi) is 3.26. The summed E-state index contributed by atoms with van der Waals surface area (Å²) in [7, 11) is 0. The van der Waals surface area contributed by atoms with Crippen LogP contribution in [0.5, 0.6) is 0 Å². The minimum Gasteiger partial charge on any atom is -0.326 e. The molecule has 1 aromatic rings. The van der Waals surface area contributed by atoms with Crippen molar-refractivity contribution in [1.29, 1.82) is 0 Å². The number of carbonyl (C=O) groups excluding carboxylic acids is 1. The molecule has 1 atom stereocenters. The minimum absolute atomic E-state index is 0.172. The van der Waals surface area contributed by atoms with Crippen molar-refractivity contribution in [3.63, 3.8) is 0 Å². The highest BCUT2D eigenvalue weighted by Gasteiger charge is 2.31. The lowest BCUT2D eigenvalue weighted by molar-refractivity contribution is -0.128. The monoisotopic (exact) mass is 222 g/mol. The molecule has 1 aliphatic rings. The molecule has 1 aromatic heterocycles. The third kappa shape index (κ3) is 2.15. The van der Waals surface area contributed by atoms with Gasteiger partial charge in [0.1, 0.15) is 5.37 Å². The second-order valence-electron chi connectivity index (χ2n) is 3.54. The summed E-state index contributed by atoms with van der Waals surface area (Å²) >= 11 is 1.69. The number of thioether (sulfide) groups is 1. The Morgan fingerprint density at radius 1 is 1.67 bits per heavy atom. The average molecular weight is 222 g/mol. The number of pyridine rings is 1. The summed E-state index contributed by atoms with van der Waals surface area (Å²) < 4.78 is 0. The van der Waals surface area contributed by atoms with Gasteiger partial charge in [0.25, 0.3) is 0 Å². The molecule has 1 fully saturated rings. The largest absolute Gasteiger partial charge is 0.326 e. The van der Waals surface area contributed by atoms with Crippen LogP contribution in [0, 0.1) is 0 Å². The fourth-order valence-corrected chi connectivity index (χ4v) is 2.94. The van der Waals surface area contributed by atoms with Gasteiger partial charge in [-0.05, 0) is 12.5 Å². The highest BCUT2D eigenvalue weighted by molar-refractivity contribution is 8.00. The summed E-state index contributed by atoms with van der Waals surface area (Å²) in [5.41, 5.74) is 1.13. The number of aromatic nitrogens is 1. The fourth-order valence-electron chi connectivity index (χ4n) is 1.73. The minimum atomic E-state index is 0.172. The van der Waals surface area contributed by atoms with Gasteiger partial charge in [0, 0.05) is 24.5 Å². The molecule has 2 rings (SSSR count). The molecule has 1 saturated heterocycles. The van der Waals surface area contributed by atoms with Gasteiger partial charge in [0.05, 0.1) is 5.75 Å². The van der Waals surface area contributed by atoms with Crippen LogP contribution < -0.4 is 0 Å². The molecule has 4 heteroatoms. The van der Waals surface area contributed by atoms with E-state index in [0.29, 0.717) is 5.75 Å². The van der Waals surface area contributed by atoms with Crippen molar-refractivity contribution in [3.8, 4) is 0 Å². The maximum atomic E-state index is 11.6. The second-order valence-corrected chi connectivity index (χ2v) is 4.61. The molecule has 0 bridgehead atoms. The molecular formula is C11H14N2OS. The van der Waals surface area contributed by atoms with Crippen LogP contribution in [-0.2, 0) is 4.79 Å². The Balaban J connectivity index is 2.18. The molecule has 3 nitrogen and oxygen atoms in total. The van der Waals surface area contributed by atoms with Crippen molar-refractivity contribution in [2.75, 3.05) is 12.3 Å². The number of rotatable bonds is 3. The van der Waals surface area contributed by atoms with Crippen LogP contribution >= 0.6 is 11.8 Å². The first kappa shape index (κ1) is 10.5. The lowest BCUT2D eigenvalue weighted by atomic mass is 10.2. The first-order chi connectivity index (χ1) is 7.33. The SMILES string of the molecule is CCCN1C(=O)CSC1c1cccnc1. The van der Waals surface area contributed by atoms with Crippen LogP contribution in [0.4, 0.5) is 0 Å². The highest BCUT2D eigenvalue weighted by atomic mass is 32.2. The number of hydrogen-bond acceptors (Lipinski definition) is 3. The van der Waals surface area contributed by atoms with E-state index < -0.39 is 0 Å². The fraction of sp³-hybridized carbons (Fsp3) is 0.455. The first-order valence-corrected chi connectivity index (χ1v) is 6.19. The van der Waals surface area contributed by atoms with Crippen molar-refractivity contribution in [2.45, 2.75) is 18.7 Å². The lowest BCUT2D eigenvalue weighted by Gasteiger charge is -2.23. The van der Waals surface area contributed by atoms with Crippen molar-refractivity contribution < 1.29 is 4.79 Å². The van der Waals surface area contributed by atoms with E-state index in [9.17, 15) is 4.79 Å². The van der Waals surface area contributed by atoms with Gasteiger partial charge in [0.15, 0.2) is 0 Å². The molecule has 0 aliphatic carbocycles. The van der Waals surface area contributed by atoms with Gasteiger partial charge in [0.2, 0.25) is 5.91 Å². The maximum Gasteiger partial charge on any atom is 0.233 e. The van der Waals surface area contributed by atoms with Crippen molar-refractivity contribution in [2.24, 2.45) is 0 Å². The van der Waals surface area contributed by atoms with E-state index in [0.717, 1.165) is 18.5 Å². The lowest BCUT2D eigenvalue weighted by Crippen LogP contribution is -2.28. The zero-order valence-corrected chi connectivity index (χ0v) is 9.54. The predicted octanol–water partition coefficient (Wildman–Crippen LogP) is 2.07. The Morgan fingerprint density at radius 2 is 2.53 bits per heavy atom. The standard InChI is InChI=1S/C11H14N2OS/c1-2-6-13-10(14)8-15-11(13)9-4-3-5-12-7-9/h3-5,7,11H,2,6,8H2,1H3. The molecule has 0 N–H and O–H groups in total. The van der Waals surface area contributed by atoms with Gasteiger partial charge >= 0.3 is 0 Å². The van der Waals surface area contributed by atoms with Crippen molar-refractivity contribution in [1.82, 2.24) is 9.88 Å². The summed E-state index contributed by atoms with van der Waals surface area (Å²) in [6, 6.07) is 3.95. The Morgan fingerprint density at radius 3 is 3.20 bits per heavy atom. The third-order valence-electron chi connectivity index (χ3n) is 2.40. The Hall–Kier alpha value is -1.03. The smallest absolute Gasteiger partial charge is 0.233 e. The summed E-state index contributed by atoms with van der Waals surface area (Å²) in [5.74, 6) is 0.843. The topological polar surface area (TPSA) is 33.2 Å². The van der Waals surface area contributed by atoms with E-state index in [1.807, 2.05) is 23.2 Å². The molecule has 2 heterocycles. The molecule has 80 valence electrons. The van der Waals surface area contributed by atoms with Gasteiger partial charge in [-0.25, -0.2) is 0 Å². The third-order valence-corrected chi connectivity index (χ3v) is 3.66. The van der Waals surface area contributed by atoms with Crippen LogP contribution in [0.1, 0.15) is 24.3 Å². The van der Waals surface area contributed by atoms with Crippen LogP contribution in [-0.4, -0.2) is 28.1 Å². The maximum absolute atomic E-state index is 11.6. The first-order valence-electron chi connectivity index (χ1n) is 5.14. The van der Waals surface area contributed by atoms with Gasteiger partial charge in [-0.1, -0.05) is 13.0 Å². The summed E-state index contributed by atoms with van der Waals surface area (Å²) in [6.07, 6.45) is 4.61. The van der Waals surface area contributed by atoms with E-state index >= 15 is 0 Å². The normalized spacial score (nSPS) is 21.0. The van der Waals surface area contributed by atoms with Gasteiger partial charge in [-0.15, -0.1) is 11.8 Å². The molecule has 1 aliphatic heterocycles. The molecule has 0 saturated carbocycles. The van der Waals surface area contributed by atoms with Crippen LogP contribution in [0.3, 0.4) is 0 Å². The quantitative estimate of drug-likeness (QED) is 0.785.